The number of aromatic nitrogens is 1. The van der Waals surface area contributed by atoms with Crippen LogP contribution in [-0.2, 0) is 0 Å². The highest BCUT2D eigenvalue weighted by Gasteiger charge is 2.13. The molecule has 1 heterocycles. The Bertz CT molecular complexity index is 545. The van der Waals surface area contributed by atoms with Gasteiger partial charge in [-0.25, -0.2) is 4.39 Å². The zero-order chi connectivity index (χ0) is 13.7. The number of pyridine rings is 1. The van der Waals surface area contributed by atoms with Crippen molar-refractivity contribution in [2.75, 3.05) is 13.7 Å². The van der Waals surface area contributed by atoms with Crippen molar-refractivity contribution in [1.29, 1.82) is 0 Å². The Kier molecular flexibility index (Phi) is 4.47. The normalized spacial score (nSPS) is 12.2. The zero-order valence-corrected chi connectivity index (χ0v) is 11.1. The summed E-state index contributed by atoms with van der Waals surface area (Å²) in [5.41, 5.74) is 1.80. The van der Waals surface area contributed by atoms with Crippen LogP contribution in [0.2, 0.25) is 0 Å². The molecule has 3 nitrogen and oxygen atoms in total. The Morgan fingerprint density at radius 2 is 2.11 bits per heavy atom. The lowest BCUT2D eigenvalue weighted by molar-refractivity contribution is 0.338. The first kappa shape index (κ1) is 13.5. The number of rotatable bonds is 5. The van der Waals surface area contributed by atoms with E-state index >= 15 is 0 Å². The van der Waals surface area contributed by atoms with Crippen LogP contribution in [0.3, 0.4) is 0 Å². The summed E-state index contributed by atoms with van der Waals surface area (Å²) in [5, 5.41) is 3.17. The van der Waals surface area contributed by atoms with Crippen LogP contribution in [0.4, 0.5) is 4.39 Å². The summed E-state index contributed by atoms with van der Waals surface area (Å²) in [7, 11) is 1.84. The van der Waals surface area contributed by atoms with Crippen LogP contribution in [0.1, 0.15) is 24.1 Å². The van der Waals surface area contributed by atoms with E-state index in [1.807, 2.05) is 26.1 Å². The molecule has 1 N–H and O–H groups in total. The van der Waals surface area contributed by atoms with Gasteiger partial charge in [0.15, 0.2) is 0 Å². The molecule has 1 aromatic carbocycles. The number of benzene rings is 1. The van der Waals surface area contributed by atoms with Crippen molar-refractivity contribution in [2.45, 2.75) is 13.0 Å². The zero-order valence-electron chi connectivity index (χ0n) is 11.1. The molecule has 0 fully saturated rings. The molecule has 100 valence electrons. The summed E-state index contributed by atoms with van der Waals surface area (Å²) in [6.07, 6.45) is 3.43. The molecule has 1 atom stereocenters. The number of hydrogen-bond donors (Lipinski definition) is 1. The van der Waals surface area contributed by atoms with Crippen molar-refractivity contribution in [3.05, 3.63) is 59.7 Å². The molecule has 2 rings (SSSR count). The first-order valence-electron chi connectivity index (χ1n) is 6.25. The molecule has 0 radical (unpaired) electrons. The number of ether oxygens (including phenoxy) is 1. The van der Waals surface area contributed by atoms with Crippen molar-refractivity contribution in [3.8, 4) is 5.75 Å². The van der Waals surface area contributed by atoms with Gasteiger partial charge in [0, 0.05) is 6.20 Å². The predicted octanol–water partition coefficient (Wildman–Crippen LogP) is 2.93. The van der Waals surface area contributed by atoms with Gasteiger partial charge in [-0.3, -0.25) is 4.98 Å². The number of hydrogen-bond acceptors (Lipinski definition) is 3. The maximum Gasteiger partial charge on any atom is 0.137 e. The Balaban J connectivity index is 2.33. The van der Waals surface area contributed by atoms with E-state index in [0.717, 1.165) is 16.9 Å². The van der Waals surface area contributed by atoms with Gasteiger partial charge in [0.25, 0.3) is 0 Å². The fourth-order valence-corrected chi connectivity index (χ4v) is 2.05. The van der Waals surface area contributed by atoms with Crippen LogP contribution in [0.25, 0.3) is 0 Å². The van der Waals surface area contributed by atoms with Crippen molar-refractivity contribution >= 4 is 0 Å². The van der Waals surface area contributed by atoms with Gasteiger partial charge in [0.1, 0.15) is 11.6 Å². The number of nitrogens with one attached hydrogen (secondary N) is 1. The molecule has 0 saturated carbocycles. The highest BCUT2D eigenvalue weighted by Crippen LogP contribution is 2.24. The minimum Gasteiger partial charge on any atom is -0.492 e. The fourth-order valence-electron chi connectivity index (χ4n) is 2.05. The summed E-state index contributed by atoms with van der Waals surface area (Å²) in [5.74, 6) is 0.475. The Labute approximate surface area is 112 Å². The molecular weight excluding hydrogens is 243 g/mol. The average molecular weight is 260 g/mol. The number of halogens is 1. The molecule has 0 saturated heterocycles. The van der Waals surface area contributed by atoms with E-state index in [-0.39, 0.29) is 11.9 Å². The van der Waals surface area contributed by atoms with Gasteiger partial charge in [0.2, 0.25) is 0 Å². The number of nitrogens with zero attached hydrogens (tertiary/aromatic N) is 1. The minimum absolute atomic E-state index is 0.108. The molecule has 1 aromatic heterocycles. The van der Waals surface area contributed by atoms with Crippen LogP contribution in [0.5, 0.6) is 5.75 Å². The summed E-state index contributed by atoms with van der Waals surface area (Å²) >= 11 is 0. The van der Waals surface area contributed by atoms with Crippen LogP contribution >= 0.6 is 0 Å². The van der Waals surface area contributed by atoms with E-state index in [0.29, 0.717) is 6.61 Å². The average Bonchev–Trinajstić information content (AvgIpc) is 2.41. The quantitative estimate of drug-likeness (QED) is 0.897. The molecule has 19 heavy (non-hydrogen) atoms. The van der Waals surface area contributed by atoms with E-state index in [1.54, 1.807) is 18.5 Å². The summed E-state index contributed by atoms with van der Waals surface area (Å²) in [6, 6.07) is 8.36. The predicted molar refractivity (Wildman–Crippen MR) is 72.7 cm³/mol. The van der Waals surface area contributed by atoms with Crippen molar-refractivity contribution in [1.82, 2.24) is 10.3 Å². The van der Waals surface area contributed by atoms with Gasteiger partial charge in [-0.15, -0.1) is 0 Å². The molecule has 0 aliphatic rings. The van der Waals surface area contributed by atoms with Crippen molar-refractivity contribution < 1.29 is 9.13 Å². The maximum absolute atomic E-state index is 13.3. The van der Waals surface area contributed by atoms with Gasteiger partial charge in [0.05, 0.1) is 18.8 Å². The largest absolute Gasteiger partial charge is 0.492 e. The smallest absolute Gasteiger partial charge is 0.137 e. The summed E-state index contributed by atoms with van der Waals surface area (Å²) in [4.78, 5) is 4.16. The highest BCUT2D eigenvalue weighted by molar-refractivity contribution is 5.34. The van der Waals surface area contributed by atoms with Crippen LogP contribution in [0, 0.1) is 5.82 Å². The van der Waals surface area contributed by atoms with E-state index in [4.69, 9.17) is 4.74 Å². The molecule has 4 heteroatoms. The summed E-state index contributed by atoms with van der Waals surface area (Å²) in [6.45, 7) is 2.52. The topological polar surface area (TPSA) is 34.1 Å². The Morgan fingerprint density at radius 1 is 1.26 bits per heavy atom. The Hall–Kier alpha value is -1.94. The van der Waals surface area contributed by atoms with Crippen LogP contribution in [0.15, 0.2) is 42.7 Å². The lowest BCUT2D eigenvalue weighted by Gasteiger charge is -2.17. The third-order valence-electron chi connectivity index (χ3n) is 2.85. The molecule has 0 amide bonds. The summed E-state index contributed by atoms with van der Waals surface area (Å²) < 4.78 is 18.7. The highest BCUT2D eigenvalue weighted by atomic mass is 19.1. The van der Waals surface area contributed by atoms with Crippen molar-refractivity contribution in [3.63, 3.8) is 0 Å². The second-order valence-corrected chi connectivity index (χ2v) is 4.16. The molecule has 0 spiro atoms. The SMILES string of the molecule is CCOc1cncc(C(NC)c2cccc(F)c2)c1. The third kappa shape index (κ3) is 3.29. The molecule has 2 aromatic rings. The second-order valence-electron chi connectivity index (χ2n) is 4.16. The molecule has 0 bridgehead atoms. The lowest BCUT2D eigenvalue weighted by Crippen LogP contribution is -2.18. The molecule has 0 aliphatic heterocycles. The van der Waals surface area contributed by atoms with E-state index in [1.165, 1.54) is 12.1 Å². The second kappa shape index (κ2) is 6.29. The minimum atomic E-state index is -0.244. The van der Waals surface area contributed by atoms with Gasteiger partial charge in [-0.2, -0.15) is 0 Å². The standard InChI is InChI=1S/C15H17FN2O/c1-3-19-14-8-12(9-18-10-14)15(17-2)11-5-4-6-13(16)7-11/h4-10,15,17H,3H2,1-2H3. The van der Waals surface area contributed by atoms with Gasteiger partial charge < -0.3 is 10.1 Å². The fraction of sp³-hybridized carbons (Fsp3) is 0.267. The maximum atomic E-state index is 13.3. The molecular formula is C15H17FN2O. The van der Waals surface area contributed by atoms with Crippen molar-refractivity contribution in [2.24, 2.45) is 0 Å². The lowest BCUT2D eigenvalue weighted by atomic mass is 10.0. The van der Waals surface area contributed by atoms with E-state index in [9.17, 15) is 4.39 Å². The van der Waals surface area contributed by atoms with Gasteiger partial charge in [-0.05, 0) is 43.3 Å². The molecule has 1 unspecified atom stereocenters. The van der Waals surface area contributed by atoms with Crippen LogP contribution in [-0.4, -0.2) is 18.6 Å². The van der Waals surface area contributed by atoms with E-state index in [2.05, 4.69) is 10.3 Å². The van der Waals surface area contributed by atoms with Gasteiger partial charge in [-0.1, -0.05) is 12.1 Å². The van der Waals surface area contributed by atoms with Gasteiger partial charge >= 0.3 is 0 Å². The van der Waals surface area contributed by atoms with Crippen LogP contribution < -0.4 is 10.1 Å². The third-order valence-corrected chi connectivity index (χ3v) is 2.85. The molecule has 0 aliphatic carbocycles. The monoisotopic (exact) mass is 260 g/mol. The Morgan fingerprint density at radius 3 is 2.79 bits per heavy atom. The van der Waals surface area contributed by atoms with E-state index < -0.39 is 0 Å². The first-order valence-corrected chi connectivity index (χ1v) is 6.25. The first-order chi connectivity index (χ1) is 9.24.